The van der Waals surface area contributed by atoms with Gasteiger partial charge in [0.1, 0.15) is 0 Å². The van der Waals surface area contributed by atoms with E-state index in [1.807, 2.05) is 35.2 Å². The Labute approximate surface area is 135 Å². The van der Waals surface area contributed by atoms with Crippen molar-refractivity contribution in [2.24, 2.45) is 5.92 Å². The van der Waals surface area contributed by atoms with Crippen LogP contribution in [0.4, 0.5) is 0 Å². The zero-order chi connectivity index (χ0) is 15.8. The number of carbonyl (C=O) groups excluding carboxylic acids is 1. The maximum absolute atomic E-state index is 13.1. The third-order valence-electron chi connectivity index (χ3n) is 4.76. The third-order valence-corrected chi connectivity index (χ3v) is 4.76. The van der Waals surface area contributed by atoms with Crippen LogP contribution in [-0.4, -0.2) is 66.6 Å². The van der Waals surface area contributed by atoms with Crippen LogP contribution < -0.4 is 0 Å². The quantitative estimate of drug-likeness (QED) is 0.803. The van der Waals surface area contributed by atoms with Crippen molar-refractivity contribution in [2.45, 2.75) is 6.04 Å². The monoisotopic (exact) mass is 311 g/mol. The van der Waals surface area contributed by atoms with Gasteiger partial charge in [-0.1, -0.05) is 6.07 Å². The second kappa shape index (κ2) is 5.91. The van der Waals surface area contributed by atoms with E-state index in [0.717, 1.165) is 42.7 Å². The first-order valence-electron chi connectivity index (χ1n) is 8.13. The predicted octanol–water partition coefficient (Wildman–Crippen LogP) is 1.64. The lowest BCUT2D eigenvalue weighted by atomic mass is 10.1. The molecular weight excluding hydrogens is 290 g/mol. The lowest BCUT2D eigenvalue weighted by Crippen LogP contribution is -2.45. The molecule has 0 N–H and O–H groups in total. The van der Waals surface area contributed by atoms with Gasteiger partial charge >= 0.3 is 0 Å². The van der Waals surface area contributed by atoms with Crippen LogP contribution >= 0.6 is 0 Å². The standard InChI is InChI=1S/C18H21N3O2/c1-20-8-13-9-21(16(10-20)12-23-11-13)18(22)15-4-5-17-14(7-15)3-2-6-19-17/h2-7,13,16H,8-12H2,1H3/t13-,16-/m0/s1. The van der Waals surface area contributed by atoms with Crippen LogP contribution in [0, 0.1) is 5.92 Å². The molecule has 2 atom stereocenters. The van der Waals surface area contributed by atoms with Crippen LogP contribution in [0.2, 0.25) is 0 Å². The van der Waals surface area contributed by atoms with Gasteiger partial charge < -0.3 is 14.5 Å². The SMILES string of the molecule is CN1C[C@@H]2COC[C@H](C1)N(C(=O)c1ccc3ncccc3c1)C2. The van der Waals surface area contributed by atoms with E-state index in [2.05, 4.69) is 16.9 Å². The molecule has 4 rings (SSSR count). The maximum atomic E-state index is 13.1. The number of ether oxygens (including phenoxy) is 1. The molecule has 2 saturated heterocycles. The summed E-state index contributed by atoms with van der Waals surface area (Å²) in [5.41, 5.74) is 1.66. The van der Waals surface area contributed by atoms with E-state index in [-0.39, 0.29) is 11.9 Å². The minimum absolute atomic E-state index is 0.103. The normalized spacial score (nSPS) is 25.3. The Bertz CT molecular complexity index is 733. The molecule has 0 radical (unpaired) electrons. The van der Waals surface area contributed by atoms with Crippen molar-refractivity contribution < 1.29 is 9.53 Å². The Kier molecular flexibility index (Phi) is 3.75. The van der Waals surface area contributed by atoms with E-state index < -0.39 is 0 Å². The summed E-state index contributed by atoms with van der Waals surface area (Å²) < 4.78 is 5.77. The Balaban J connectivity index is 1.66. The van der Waals surface area contributed by atoms with Gasteiger partial charge in [0.05, 0.1) is 24.8 Å². The fourth-order valence-corrected chi connectivity index (χ4v) is 3.70. The van der Waals surface area contributed by atoms with Gasteiger partial charge in [-0.2, -0.15) is 0 Å². The zero-order valence-electron chi connectivity index (χ0n) is 13.3. The molecule has 1 amide bonds. The summed E-state index contributed by atoms with van der Waals surface area (Å²) in [6, 6.07) is 9.79. The lowest BCUT2D eigenvalue weighted by Gasteiger charge is -2.29. The Morgan fingerprint density at radius 2 is 2.13 bits per heavy atom. The smallest absolute Gasteiger partial charge is 0.254 e. The summed E-state index contributed by atoms with van der Waals surface area (Å²) >= 11 is 0. The van der Waals surface area contributed by atoms with Crippen molar-refractivity contribution >= 4 is 16.8 Å². The molecule has 120 valence electrons. The molecule has 1 aromatic heterocycles. The van der Waals surface area contributed by atoms with Crippen LogP contribution in [0.15, 0.2) is 36.5 Å². The van der Waals surface area contributed by atoms with Crippen molar-refractivity contribution in [3.8, 4) is 0 Å². The number of carbonyl (C=O) groups is 1. The summed E-state index contributed by atoms with van der Waals surface area (Å²) in [7, 11) is 2.13. The Hall–Kier alpha value is -1.98. The average molecular weight is 311 g/mol. The minimum Gasteiger partial charge on any atom is -0.379 e. The van der Waals surface area contributed by atoms with Crippen molar-refractivity contribution in [1.29, 1.82) is 0 Å². The molecule has 2 bridgehead atoms. The topological polar surface area (TPSA) is 45.7 Å². The number of hydrogen-bond donors (Lipinski definition) is 0. The van der Waals surface area contributed by atoms with Crippen molar-refractivity contribution in [3.05, 3.63) is 42.1 Å². The van der Waals surface area contributed by atoms with Gasteiger partial charge in [-0.15, -0.1) is 0 Å². The Morgan fingerprint density at radius 3 is 3.04 bits per heavy atom. The van der Waals surface area contributed by atoms with Crippen LogP contribution in [-0.2, 0) is 4.74 Å². The molecule has 2 aromatic rings. The summed E-state index contributed by atoms with van der Waals surface area (Å²) in [4.78, 5) is 21.7. The first-order valence-corrected chi connectivity index (χ1v) is 8.13. The number of benzene rings is 1. The van der Waals surface area contributed by atoms with E-state index in [9.17, 15) is 4.79 Å². The molecule has 1 aromatic carbocycles. The van der Waals surface area contributed by atoms with Gasteiger partial charge in [-0.3, -0.25) is 9.78 Å². The van der Waals surface area contributed by atoms with Crippen LogP contribution in [0.1, 0.15) is 10.4 Å². The van der Waals surface area contributed by atoms with Crippen molar-refractivity contribution in [1.82, 2.24) is 14.8 Å². The van der Waals surface area contributed by atoms with Gasteiger partial charge in [0.15, 0.2) is 0 Å². The van der Waals surface area contributed by atoms with Crippen LogP contribution in [0.5, 0.6) is 0 Å². The fraction of sp³-hybridized carbons (Fsp3) is 0.444. The molecule has 2 aliphatic heterocycles. The first-order chi connectivity index (χ1) is 11.2. The summed E-state index contributed by atoms with van der Waals surface area (Å²) in [6.45, 7) is 4.01. The van der Waals surface area contributed by atoms with Gasteiger partial charge in [-0.05, 0) is 31.3 Å². The first kappa shape index (κ1) is 14.6. The van der Waals surface area contributed by atoms with Crippen LogP contribution in [0.25, 0.3) is 10.9 Å². The molecule has 23 heavy (non-hydrogen) atoms. The minimum atomic E-state index is 0.103. The third kappa shape index (κ3) is 2.82. The van der Waals surface area contributed by atoms with Gasteiger partial charge in [0.2, 0.25) is 0 Å². The number of amides is 1. The lowest BCUT2D eigenvalue weighted by molar-refractivity contribution is 0.0483. The van der Waals surface area contributed by atoms with Crippen LogP contribution in [0.3, 0.4) is 0 Å². The summed E-state index contributed by atoms with van der Waals surface area (Å²) in [6.07, 6.45) is 1.77. The molecule has 0 unspecified atom stereocenters. The molecule has 2 fully saturated rings. The largest absolute Gasteiger partial charge is 0.379 e. The maximum Gasteiger partial charge on any atom is 0.254 e. The predicted molar refractivity (Wildman–Crippen MR) is 88.4 cm³/mol. The Morgan fingerprint density at radius 1 is 1.22 bits per heavy atom. The number of hydrogen-bond acceptors (Lipinski definition) is 4. The molecule has 0 spiro atoms. The molecule has 0 aliphatic carbocycles. The highest BCUT2D eigenvalue weighted by Gasteiger charge is 2.35. The summed E-state index contributed by atoms with van der Waals surface area (Å²) in [5, 5.41) is 1.00. The number of likely N-dealkylation sites (N-methyl/N-ethyl adjacent to an activating group) is 1. The fourth-order valence-electron chi connectivity index (χ4n) is 3.70. The van der Waals surface area contributed by atoms with Gasteiger partial charge in [-0.25, -0.2) is 0 Å². The highest BCUT2D eigenvalue weighted by molar-refractivity contribution is 5.98. The average Bonchev–Trinajstić information content (AvgIpc) is 2.84. The molecular formula is C18H21N3O2. The second-order valence-electron chi connectivity index (χ2n) is 6.65. The number of pyridine rings is 1. The van der Waals surface area contributed by atoms with E-state index >= 15 is 0 Å². The number of aromatic nitrogens is 1. The van der Waals surface area contributed by atoms with E-state index in [1.165, 1.54) is 0 Å². The summed E-state index contributed by atoms with van der Waals surface area (Å²) in [5.74, 6) is 0.491. The second-order valence-corrected chi connectivity index (χ2v) is 6.65. The number of nitrogens with zero attached hydrogens (tertiary/aromatic N) is 3. The molecule has 3 heterocycles. The number of fused-ring (bicyclic) bond motifs is 4. The molecule has 5 nitrogen and oxygen atoms in total. The highest BCUT2D eigenvalue weighted by Crippen LogP contribution is 2.22. The molecule has 2 aliphatic rings. The zero-order valence-corrected chi connectivity index (χ0v) is 13.3. The van der Waals surface area contributed by atoms with E-state index in [1.54, 1.807) is 6.20 Å². The van der Waals surface area contributed by atoms with Crippen molar-refractivity contribution in [3.63, 3.8) is 0 Å². The van der Waals surface area contributed by atoms with Crippen molar-refractivity contribution in [2.75, 3.05) is 39.9 Å². The van der Waals surface area contributed by atoms with Gasteiger partial charge in [0.25, 0.3) is 5.91 Å². The molecule has 5 heteroatoms. The highest BCUT2D eigenvalue weighted by atomic mass is 16.5. The number of rotatable bonds is 1. The van der Waals surface area contributed by atoms with Gasteiger partial charge in [0, 0.05) is 42.7 Å². The molecule has 0 saturated carbocycles. The van der Waals surface area contributed by atoms with E-state index in [4.69, 9.17) is 4.74 Å². The van der Waals surface area contributed by atoms with E-state index in [0.29, 0.717) is 12.5 Å².